The van der Waals surface area contributed by atoms with E-state index in [1.165, 1.54) is 44.1 Å². The highest BCUT2D eigenvalue weighted by Crippen LogP contribution is 2.58. The molecule has 2 bridgehead atoms. The van der Waals surface area contributed by atoms with Crippen LogP contribution in [0.3, 0.4) is 0 Å². The second-order valence-corrected chi connectivity index (χ2v) is 12.5. The van der Waals surface area contributed by atoms with Gasteiger partial charge in [0.15, 0.2) is 0 Å². The van der Waals surface area contributed by atoms with E-state index in [0.29, 0.717) is 34.1 Å². The van der Waals surface area contributed by atoms with Crippen molar-refractivity contribution in [2.75, 3.05) is 13.1 Å². The molecule has 0 N–H and O–H groups in total. The minimum atomic E-state index is 0.0790. The number of fused-ring (bicyclic) bond motifs is 4. The molecule has 28 heavy (non-hydrogen) atoms. The number of hydrogen-bond acceptors (Lipinski definition) is 3. The van der Waals surface area contributed by atoms with Crippen LogP contribution in [0.4, 0.5) is 0 Å². The number of hydrogen-bond donors (Lipinski definition) is 0. The highest BCUT2D eigenvalue weighted by molar-refractivity contribution is 5.75. The molecule has 5 fully saturated rings. The second kappa shape index (κ2) is 6.09. The van der Waals surface area contributed by atoms with Crippen molar-refractivity contribution >= 4 is 5.97 Å². The average Bonchev–Trinajstić information content (AvgIpc) is 2.97. The number of carbonyl (C=O) groups excluding carboxylic acids is 1. The summed E-state index contributed by atoms with van der Waals surface area (Å²) in [6, 6.07) is 0.652. The molecule has 0 aromatic carbocycles. The fourth-order valence-electron chi connectivity index (χ4n) is 8.51. The van der Waals surface area contributed by atoms with Crippen LogP contribution in [0.2, 0.25) is 0 Å². The molecule has 3 heteroatoms. The summed E-state index contributed by atoms with van der Waals surface area (Å²) in [5.74, 6) is 1.17. The first-order valence-corrected chi connectivity index (χ1v) is 11.7. The maximum absolute atomic E-state index is 12.9. The number of esters is 1. The maximum Gasteiger partial charge on any atom is 0.310 e. The van der Waals surface area contributed by atoms with Gasteiger partial charge in [-0.05, 0) is 73.5 Å². The Morgan fingerprint density at radius 2 is 1.96 bits per heavy atom. The zero-order valence-electron chi connectivity index (χ0n) is 18.4. The summed E-state index contributed by atoms with van der Waals surface area (Å²) in [6.45, 7) is 16.3. The monoisotopic (exact) mass is 385 g/mol. The fourth-order valence-corrected chi connectivity index (χ4v) is 8.51. The van der Waals surface area contributed by atoms with E-state index in [-0.39, 0.29) is 18.0 Å². The van der Waals surface area contributed by atoms with E-state index in [0.717, 1.165) is 25.9 Å². The largest absolute Gasteiger partial charge is 0.462 e. The smallest absolute Gasteiger partial charge is 0.310 e. The predicted molar refractivity (Wildman–Crippen MR) is 112 cm³/mol. The minimum absolute atomic E-state index is 0.0790. The molecule has 156 valence electrons. The molecular weight excluding hydrogens is 346 g/mol. The van der Waals surface area contributed by atoms with Crippen molar-refractivity contribution in [3.8, 4) is 0 Å². The number of allylic oxidation sites excluding steroid dienone is 1. The zero-order chi connectivity index (χ0) is 19.9. The molecule has 7 atom stereocenters. The van der Waals surface area contributed by atoms with Crippen molar-refractivity contribution in [1.82, 2.24) is 4.90 Å². The number of nitrogens with zero attached hydrogens (tertiary/aromatic N) is 1. The van der Waals surface area contributed by atoms with Gasteiger partial charge in [-0.3, -0.25) is 9.69 Å². The van der Waals surface area contributed by atoms with Crippen LogP contribution in [-0.4, -0.2) is 36.1 Å². The van der Waals surface area contributed by atoms with Gasteiger partial charge in [-0.2, -0.15) is 0 Å². The highest BCUT2D eigenvalue weighted by atomic mass is 16.6. The first-order valence-electron chi connectivity index (χ1n) is 11.7. The molecule has 0 unspecified atom stereocenters. The maximum atomic E-state index is 12.9. The number of likely N-dealkylation sites (tertiary alicyclic amines) is 1. The van der Waals surface area contributed by atoms with E-state index in [9.17, 15) is 4.79 Å². The normalized spacial score (nSPS) is 50.2. The molecule has 0 amide bonds. The SMILES string of the molecule is C=C1CCC[C@@]2(C)C[C@@H]3OC(=O)[C@@H](CN4C[C@@]5(C)C[C@@H]4CC(C)(C)C5)[C@H]3C[C@H]12. The van der Waals surface area contributed by atoms with Crippen molar-refractivity contribution < 1.29 is 9.53 Å². The third-order valence-electron chi connectivity index (χ3n) is 9.27. The predicted octanol–water partition coefficient (Wildman–Crippen LogP) is 5.20. The van der Waals surface area contributed by atoms with Crippen molar-refractivity contribution in [2.24, 2.45) is 34.0 Å². The minimum Gasteiger partial charge on any atom is -0.462 e. The Hall–Kier alpha value is -0.830. The Morgan fingerprint density at radius 1 is 1.18 bits per heavy atom. The quantitative estimate of drug-likeness (QED) is 0.483. The zero-order valence-corrected chi connectivity index (χ0v) is 18.4. The lowest BCUT2D eigenvalue weighted by atomic mass is 9.55. The van der Waals surface area contributed by atoms with E-state index in [1.54, 1.807) is 0 Å². The van der Waals surface area contributed by atoms with Gasteiger partial charge in [0.05, 0.1) is 5.92 Å². The van der Waals surface area contributed by atoms with Crippen LogP contribution in [0.1, 0.15) is 79.1 Å². The van der Waals surface area contributed by atoms with Gasteiger partial charge >= 0.3 is 5.97 Å². The van der Waals surface area contributed by atoms with Crippen LogP contribution in [0.25, 0.3) is 0 Å². The summed E-state index contributed by atoms with van der Waals surface area (Å²) in [5, 5.41) is 0. The third kappa shape index (κ3) is 2.99. The molecule has 3 nitrogen and oxygen atoms in total. The average molecular weight is 386 g/mol. The number of rotatable bonds is 2. The van der Waals surface area contributed by atoms with E-state index < -0.39 is 0 Å². The Labute approximate surface area is 171 Å². The van der Waals surface area contributed by atoms with E-state index in [2.05, 4.69) is 39.2 Å². The van der Waals surface area contributed by atoms with Gasteiger partial charge in [0.1, 0.15) is 6.10 Å². The number of ether oxygens (including phenoxy) is 1. The molecule has 5 aliphatic rings. The van der Waals surface area contributed by atoms with Gasteiger partial charge < -0.3 is 4.74 Å². The molecule has 2 saturated heterocycles. The Morgan fingerprint density at radius 3 is 2.75 bits per heavy atom. The summed E-state index contributed by atoms with van der Waals surface area (Å²) < 4.78 is 6.02. The molecule has 3 aliphatic carbocycles. The van der Waals surface area contributed by atoms with E-state index >= 15 is 0 Å². The molecular formula is C25H39NO2. The highest BCUT2D eigenvalue weighted by Gasteiger charge is 2.57. The third-order valence-corrected chi connectivity index (χ3v) is 9.27. The second-order valence-electron chi connectivity index (χ2n) is 12.5. The molecule has 0 aromatic heterocycles. The van der Waals surface area contributed by atoms with Gasteiger partial charge in [-0.1, -0.05) is 39.8 Å². The molecule has 0 aromatic rings. The molecule has 2 aliphatic heterocycles. The Bertz CT molecular complexity index is 699. The van der Waals surface area contributed by atoms with Gasteiger partial charge in [-0.25, -0.2) is 0 Å². The van der Waals surface area contributed by atoms with Crippen molar-refractivity contribution in [3.63, 3.8) is 0 Å². The van der Waals surface area contributed by atoms with Gasteiger partial charge in [0.2, 0.25) is 0 Å². The molecule has 5 rings (SSSR count). The first-order chi connectivity index (χ1) is 13.1. The van der Waals surface area contributed by atoms with E-state index in [4.69, 9.17) is 4.74 Å². The fraction of sp³-hybridized carbons (Fsp3) is 0.880. The summed E-state index contributed by atoms with van der Waals surface area (Å²) in [4.78, 5) is 15.6. The van der Waals surface area contributed by atoms with Crippen LogP contribution in [0, 0.1) is 34.0 Å². The molecule has 2 heterocycles. The van der Waals surface area contributed by atoms with Crippen LogP contribution in [-0.2, 0) is 9.53 Å². The Kier molecular flexibility index (Phi) is 4.17. The van der Waals surface area contributed by atoms with Crippen LogP contribution in [0.5, 0.6) is 0 Å². The summed E-state index contributed by atoms with van der Waals surface area (Å²) in [7, 11) is 0. The topological polar surface area (TPSA) is 29.5 Å². The first kappa shape index (κ1) is 19.2. The van der Waals surface area contributed by atoms with Crippen LogP contribution < -0.4 is 0 Å². The lowest BCUT2D eigenvalue weighted by Crippen LogP contribution is -2.46. The molecule has 0 spiro atoms. The summed E-state index contributed by atoms with van der Waals surface area (Å²) in [5.41, 5.74) is 2.60. The van der Waals surface area contributed by atoms with Gasteiger partial charge in [0.25, 0.3) is 0 Å². The van der Waals surface area contributed by atoms with Gasteiger partial charge in [0, 0.05) is 25.0 Å². The van der Waals surface area contributed by atoms with E-state index in [1.807, 2.05) is 0 Å². The lowest BCUT2D eigenvalue weighted by Gasteiger charge is -2.50. The van der Waals surface area contributed by atoms with Crippen molar-refractivity contribution in [3.05, 3.63) is 12.2 Å². The van der Waals surface area contributed by atoms with Gasteiger partial charge in [-0.15, -0.1) is 0 Å². The number of carbonyl (C=O) groups is 1. The molecule has 0 radical (unpaired) electrons. The van der Waals surface area contributed by atoms with Crippen molar-refractivity contribution in [2.45, 2.75) is 91.2 Å². The molecule has 3 saturated carbocycles. The van der Waals surface area contributed by atoms with Crippen LogP contribution in [0.15, 0.2) is 12.2 Å². The summed E-state index contributed by atoms with van der Waals surface area (Å²) >= 11 is 0. The standard InChI is InChI=1S/C25H39NO2/c1-16-7-6-8-25(5)12-21-18(9-20(16)25)19(22(27)28-21)13-26-15-24(4)11-17(26)10-23(2,3)14-24/h17-21H,1,6-15H2,2-5H3/t17-,18+,19-,20+,21-,24-,25-/m0/s1. The van der Waals surface area contributed by atoms with Crippen molar-refractivity contribution in [1.29, 1.82) is 0 Å². The lowest BCUT2D eigenvalue weighted by molar-refractivity contribution is -0.146. The van der Waals surface area contributed by atoms with Crippen LogP contribution >= 0.6 is 0 Å². The summed E-state index contributed by atoms with van der Waals surface area (Å²) in [6.07, 6.45) is 9.93. The Balaban J connectivity index is 1.34.